The molecule has 1 atom stereocenters. The number of ether oxygens (including phenoxy) is 1. The first-order valence-corrected chi connectivity index (χ1v) is 6.47. The maximum absolute atomic E-state index is 5.35. The van der Waals surface area contributed by atoms with E-state index in [-0.39, 0.29) is 0 Å². The SMILES string of the molecule is COC1CCN(CCNCCC(C)(C)C)C1. The van der Waals surface area contributed by atoms with Crippen molar-refractivity contribution in [1.82, 2.24) is 10.2 Å². The van der Waals surface area contributed by atoms with Crippen LogP contribution in [0, 0.1) is 5.41 Å². The molecule has 3 heteroatoms. The lowest BCUT2D eigenvalue weighted by molar-refractivity contribution is 0.108. The van der Waals surface area contributed by atoms with Crippen LogP contribution in [0.2, 0.25) is 0 Å². The molecule has 0 aromatic heterocycles. The minimum atomic E-state index is 0.446. The van der Waals surface area contributed by atoms with Crippen molar-refractivity contribution in [2.75, 3.05) is 39.8 Å². The Kier molecular flexibility index (Phi) is 5.73. The molecule has 3 nitrogen and oxygen atoms in total. The third-order valence-electron chi connectivity index (χ3n) is 3.22. The molecule has 0 amide bonds. The van der Waals surface area contributed by atoms with Gasteiger partial charge in [-0.05, 0) is 24.8 Å². The summed E-state index contributed by atoms with van der Waals surface area (Å²) < 4.78 is 5.35. The van der Waals surface area contributed by atoms with Crippen LogP contribution < -0.4 is 5.32 Å². The van der Waals surface area contributed by atoms with Gasteiger partial charge >= 0.3 is 0 Å². The fraction of sp³-hybridized carbons (Fsp3) is 1.00. The van der Waals surface area contributed by atoms with E-state index in [4.69, 9.17) is 4.74 Å². The summed E-state index contributed by atoms with van der Waals surface area (Å²) in [7, 11) is 1.82. The van der Waals surface area contributed by atoms with Gasteiger partial charge in [0.25, 0.3) is 0 Å². The highest BCUT2D eigenvalue weighted by molar-refractivity contribution is 4.76. The van der Waals surface area contributed by atoms with Gasteiger partial charge in [0.15, 0.2) is 0 Å². The Labute approximate surface area is 101 Å². The van der Waals surface area contributed by atoms with Gasteiger partial charge in [-0.15, -0.1) is 0 Å². The number of nitrogens with one attached hydrogen (secondary N) is 1. The molecule has 1 aliphatic heterocycles. The normalized spacial score (nSPS) is 22.9. The van der Waals surface area contributed by atoms with Crippen molar-refractivity contribution in [2.24, 2.45) is 5.41 Å². The summed E-state index contributed by atoms with van der Waals surface area (Å²) in [5.74, 6) is 0. The first-order chi connectivity index (χ1) is 7.51. The van der Waals surface area contributed by atoms with E-state index in [0.29, 0.717) is 11.5 Å². The van der Waals surface area contributed by atoms with Crippen LogP contribution in [0.15, 0.2) is 0 Å². The number of likely N-dealkylation sites (tertiary alicyclic amines) is 1. The number of hydrogen-bond donors (Lipinski definition) is 1. The monoisotopic (exact) mass is 228 g/mol. The molecule has 96 valence electrons. The lowest BCUT2D eigenvalue weighted by Crippen LogP contribution is -2.32. The average Bonchev–Trinajstić information content (AvgIpc) is 2.63. The van der Waals surface area contributed by atoms with Crippen molar-refractivity contribution >= 4 is 0 Å². The van der Waals surface area contributed by atoms with Crippen LogP contribution >= 0.6 is 0 Å². The maximum Gasteiger partial charge on any atom is 0.0710 e. The highest BCUT2D eigenvalue weighted by Gasteiger charge is 2.21. The molecule has 16 heavy (non-hydrogen) atoms. The Bertz CT molecular complexity index is 189. The van der Waals surface area contributed by atoms with Crippen LogP contribution in [-0.2, 0) is 4.74 Å². The summed E-state index contributed by atoms with van der Waals surface area (Å²) in [6.45, 7) is 12.6. The zero-order chi connectivity index (χ0) is 12.0. The second-order valence-corrected chi connectivity index (χ2v) is 6.01. The van der Waals surface area contributed by atoms with Crippen molar-refractivity contribution in [3.63, 3.8) is 0 Å². The topological polar surface area (TPSA) is 24.5 Å². The lowest BCUT2D eigenvalue weighted by atomic mass is 9.92. The van der Waals surface area contributed by atoms with E-state index in [1.165, 1.54) is 19.4 Å². The highest BCUT2D eigenvalue weighted by Crippen LogP contribution is 2.16. The van der Waals surface area contributed by atoms with Crippen LogP contribution in [0.1, 0.15) is 33.6 Å². The summed E-state index contributed by atoms with van der Waals surface area (Å²) in [5, 5.41) is 3.52. The lowest BCUT2D eigenvalue weighted by Gasteiger charge is -2.19. The number of hydrogen-bond acceptors (Lipinski definition) is 3. The van der Waals surface area contributed by atoms with Gasteiger partial charge < -0.3 is 10.1 Å². The van der Waals surface area contributed by atoms with E-state index in [1.807, 2.05) is 7.11 Å². The van der Waals surface area contributed by atoms with E-state index < -0.39 is 0 Å². The summed E-state index contributed by atoms with van der Waals surface area (Å²) in [4.78, 5) is 2.48. The van der Waals surface area contributed by atoms with E-state index in [2.05, 4.69) is 31.0 Å². The molecular weight excluding hydrogens is 200 g/mol. The minimum absolute atomic E-state index is 0.446. The van der Waals surface area contributed by atoms with Crippen LogP contribution in [-0.4, -0.2) is 50.8 Å². The molecule has 0 spiro atoms. The predicted molar refractivity (Wildman–Crippen MR) is 68.8 cm³/mol. The molecule has 1 N–H and O–H groups in total. The van der Waals surface area contributed by atoms with Crippen LogP contribution in [0.5, 0.6) is 0 Å². The standard InChI is InChI=1S/C13H28N2O/c1-13(2,3)6-7-14-8-10-15-9-5-12(11-15)16-4/h12,14H,5-11H2,1-4H3. The van der Waals surface area contributed by atoms with Gasteiger partial charge in [0.2, 0.25) is 0 Å². The first-order valence-electron chi connectivity index (χ1n) is 6.47. The molecule has 0 aromatic carbocycles. The molecule has 0 bridgehead atoms. The third kappa shape index (κ3) is 5.83. The van der Waals surface area contributed by atoms with Gasteiger partial charge in [0.05, 0.1) is 6.10 Å². The maximum atomic E-state index is 5.35. The Morgan fingerprint density at radius 3 is 2.62 bits per heavy atom. The highest BCUT2D eigenvalue weighted by atomic mass is 16.5. The van der Waals surface area contributed by atoms with Gasteiger partial charge in [-0.2, -0.15) is 0 Å². The smallest absolute Gasteiger partial charge is 0.0710 e. The zero-order valence-corrected chi connectivity index (χ0v) is 11.4. The molecule has 0 aromatic rings. The van der Waals surface area contributed by atoms with Gasteiger partial charge in [0, 0.05) is 33.3 Å². The second-order valence-electron chi connectivity index (χ2n) is 6.01. The fourth-order valence-corrected chi connectivity index (χ4v) is 2.02. The van der Waals surface area contributed by atoms with Crippen molar-refractivity contribution < 1.29 is 4.74 Å². The van der Waals surface area contributed by atoms with Gasteiger partial charge in [-0.25, -0.2) is 0 Å². The summed E-state index contributed by atoms with van der Waals surface area (Å²) in [5.41, 5.74) is 0.446. The average molecular weight is 228 g/mol. The third-order valence-corrected chi connectivity index (χ3v) is 3.22. The minimum Gasteiger partial charge on any atom is -0.380 e. The van der Waals surface area contributed by atoms with Crippen LogP contribution in [0.4, 0.5) is 0 Å². The Morgan fingerprint density at radius 2 is 2.06 bits per heavy atom. The van der Waals surface area contributed by atoms with Crippen LogP contribution in [0.3, 0.4) is 0 Å². The Balaban J connectivity index is 1.96. The molecule has 0 saturated carbocycles. The molecule has 0 aliphatic carbocycles. The van der Waals surface area contributed by atoms with Crippen molar-refractivity contribution in [1.29, 1.82) is 0 Å². The van der Waals surface area contributed by atoms with Crippen molar-refractivity contribution in [2.45, 2.75) is 39.7 Å². The molecule has 1 unspecified atom stereocenters. The predicted octanol–water partition coefficient (Wildman–Crippen LogP) is 1.73. The quantitative estimate of drug-likeness (QED) is 0.701. The number of rotatable bonds is 6. The molecule has 1 saturated heterocycles. The van der Waals surface area contributed by atoms with E-state index in [0.717, 1.165) is 26.2 Å². The van der Waals surface area contributed by atoms with Gasteiger partial charge in [-0.1, -0.05) is 20.8 Å². The molecule has 0 radical (unpaired) electrons. The van der Waals surface area contributed by atoms with Crippen molar-refractivity contribution in [3.05, 3.63) is 0 Å². The summed E-state index contributed by atoms with van der Waals surface area (Å²) in [6.07, 6.45) is 2.90. The first kappa shape index (κ1) is 13.9. The molecule has 1 rings (SSSR count). The van der Waals surface area contributed by atoms with Gasteiger partial charge in [-0.3, -0.25) is 4.90 Å². The molecule has 1 heterocycles. The number of methoxy groups -OCH3 is 1. The fourth-order valence-electron chi connectivity index (χ4n) is 2.02. The van der Waals surface area contributed by atoms with Crippen molar-refractivity contribution in [3.8, 4) is 0 Å². The molecule has 1 aliphatic rings. The second kappa shape index (κ2) is 6.58. The van der Waals surface area contributed by atoms with E-state index in [9.17, 15) is 0 Å². The summed E-state index contributed by atoms with van der Waals surface area (Å²) in [6, 6.07) is 0. The van der Waals surface area contributed by atoms with E-state index in [1.54, 1.807) is 0 Å². The largest absolute Gasteiger partial charge is 0.380 e. The Hall–Kier alpha value is -0.120. The zero-order valence-electron chi connectivity index (χ0n) is 11.4. The van der Waals surface area contributed by atoms with Crippen LogP contribution in [0.25, 0.3) is 0 Å². The van der Waals surface area contributed by atoms with E-state index >= 15 is 0 Å². The Morgan fingerprint density at radius 1 is 1.31 bits per heavy atom. The summed E-state index contributed by atoms with van der Waals surface area (Å²) >= 11 is 0. The molecule has 1 fully saturated rings. The molecular formula is C13H28N2O. The van der Waals surface area contributed by atoms with Gasteiger partial charge in [0.1, 0.15) is 0 Å². The number of nitrogens with zero attached hydrogens (tertiary/aromatic N) is 1.